The number of amides is 9. The fraction of sp³-hybridized carbons (Fsp3) is 0.662. The molecule has 0 radical (unpaired) electrons. The zero-order chi connectivity index (χ0) is 69.8. The minimum Gasteiger partial charge on any atom is -0.497 e. The third-order valence-corrected chi connectivity index (χ3v) is 17.2. The van der Waals surface area contributed by atoms with Crippen LogP contribution in [0.4, 0.5) is 0 Å². The first-order valence-corrected chi connectivity index (χ1v) is 32.2. The maximum absolute atomic E-state index is 15.3. The Bertz CT molecular complexity index is 2830. The summed E-state index contributed by atoms with van der Waals surface area (Å²) in [7, 11) is 8.51. The van der Waals surface area contributed by atoms with Crippen LogP contribution in [0.5, 0.6) is 5.75 Å². The largest absolute Gasteiger partial charge is 0.497 e. The molecule has 9 amide bonds. The smallest absolute Gasteiger partial charge is 0.329 e. The number of carbonyl (C=O) groups is 11. The lowest BCUT2D eigenvalue weighted by molar-refractivity contribution is -0.162. The quantitative estimate of drug-likeness (QED) is 0.0719. The molecule has 24 nitrogen and oxygen atoms in total. The van der Waals surface area contributed by atoms with E-state index < -0.39 is 168 Å². The third-order valence-electron chi connectivity index (χ3n) is 17.2. The Balaban J connectivity index is 1.95. The summed E-state index contributed by atoms with van der Waals surface area (Å²) in [6, 6.07) is 6.25. The van der Waals surface area contributed by atoms with Crippen molar-refractivity contribution >= 4 is 65.1 Å². The molecule has 92 heavy (non-hydrogen) atoms. The minimum absolute atomic E-state index is 0.0445. The highest BCUT2D eigenvalue weighted by Crippen LogP contribution is 2.27. The maximum Gasteiger partial charge on any atom is 0.329 e. The van der Waals surface area contributed by atoms with Crippen LogP contribution >= 0.6 is 0 Å². The number of ether oxygens (including phenoxy) is 3. The molecular weight excluding hydrogens is 1180 g/mol. The van der Waals surface area contributed by atoms with Crippen LogP contribution < -0.4 is 20.7 Å². The molecule has 1 fully saturated rings. The van der Waals surface area contributed by atoms with Crippen LogP contribution in [-0.4, -0.2) is 215 Å². The lowest BCUT2D eigenvalue weighted by Crippen LogP contribution is -2.63. The Morgan fingerprint density at radius 2 is 1.16 bits per heavy atom. The summed E-state index contributed by atoms with van der Waals surface area (Å²) in [6.07, 6.45) is 0.372. The van der Waals surface area contributed by atoms with Crippen LogP contribution in [0.2, 0.25) is 0 Å². The van der Waals surface area contributed by atoms with E-state index in [0.717, 1.165) is 15.4 Å². The number of rotatable bonds is 32. The molecule has 0 spiro atoms. The van der Waals surface area contributed by atoms with Crippen LogP contribution in [0.15, 0.2) is 54.6 Å². The zero-order valence-corrected chi connectivity index (χ0v) is 58.2. The number of esters is 2. The molecule has 2 aromatic rings. The summed E-state index contributed by atoms with van der Waals surface area (Å²) >= 11 is 0. The summed E-state index contributed by atoms with van der Waals surface area (Å²) < 4.78 is 16.7. The molecule has 1 heterocycles. The van der Waals surface area contributed by atoms with Crippen molar-refractivity contribution in [3.63, 3.8) is 0 Å². The second-order valence-corrected chi connectivity index (χ2v) is 26.5. The van der Waals surface area contributed by atoms with E-state index in [-0.39, 0.29) is 19.6 Å². The van der Waals surface area contributed by atoms with Crippen molar-refractivity contribution in [2.45, 2.75) is 209 Å². The van der Waals surface area contributed by atoms with Crippen molar-refractivity contribution in [1.29, 1.82) is 0 Å². The van der Waals surface area contributed by atoms with Gasteiger partial charge in [0.2, 0.25) is 47.3 Å². The topological polar surface area (TPSA) is 291 Å². The van der Waals surface area contributed by atoms with Gasteiger partial charge in [-0.25, -0.2) is 4.79 Å². The van der Waals surface area contributed by atoms with Gasteiger partial charge < -0.3 is 64.7 Å². The fourth-order valence-corrected chi connectivity index (χ4v) is 11.6. The van der Waals surface area contributed by atoms with Crippen LogP contribution in [0.3, 0.4) is 0 Å². The van der Waals surface area contributed by atoms with Gasteiger partial charge in [0, 0.05) is 48.2 Å². The Morgan fingerprint density at radius 1 is 0.620 bits per heavy atom. The Kier molecular flexibility index (Phi) is 30.8. The molecule has 0 saturated carbocycles. The van der Waals surface area contributed by atoms with E-state index in [1.165, 1.54) is 68.9 Å². The van der Waals surface area contributed by atoms with Crippen molar-refractivity contribution in [3.05, 3.63) is 65.7 Å². The molecule has 24 heteroatoms. The van der Waals surface area contributed by atoms with Crippen LogP contribution in [0.1, 0.15) is 147 Å². The first kappa shape index (κ1) is 78.6. The van der Waals surface area contributed by atoms with Crippen molar-refractivity contribution in [1.82, 2.24) is 45.3 Å². The average molecular weight is 1290 g/mol. The van der Waals surface area contributed by atoms with Crippen molar-refractivity contribution in [2.24, 2.45) is 29.6 Å². The Labute approximate surface area is 545 Å². The van der Waals surface area contributed by atoms with Crippen molar-refractivity contribution in [3.8, 4) is 5.75 Å². The van der Waals surface area contributed by atoms with Gasteiger partial charge in [-0.3, -0.25) is 47.9 Å². The number of nitrogens with one attached hydrogen (secondary N) is 3. The lowest BCUT2D eigenvalue weighted by Gasteiger charge is -2.41. The first-order valence-electron chi connectivity index (χ1n) is 32.2. The molecule has 1 aliphatic heterocycles. The molecular formula is C68H107N9O15. The summed E-state index contributed by atoms with van der Waals surface area (Å²) in [5, 5.41) is 18.5. The number of carbonyl (C=O) groups excluding carboxylic acids is 11. The number of likely N-dealkylation sites (N-methyl/N-ethyl adjacent to an activating group) is 5. The predicted octanol–water partition coefficient (Wildman–Crippen LogP) is 4.76. The number of aliphatic hydroxyl groups is 1. The molecule has 514 valence electrons. The second-order valence-electron chi connectivity index (χ2n) is 26.5. The molecule has 1 aliphatic rings. The molecule has 3 rings (SSSR count). The molecule has 0 bridgehead atoms. The van der Waals surface area contributed by atoms with Gasteiger partial charge in [-0.15, -0.1) is 0 Å². The summed E-state index contributed by atoms with van der Waals surface area (Å²) in [4.78, 5) is 165. The third kappa shape index (κ3) is 21.7. The first-order chi connectivity index (χ1) is 43.0. The van der Waals surface area contributed by atoms with Crippen LogP contribution in [0.25, 0.3) is 0 Å². The number of hydrogen-bond donors (Lipinski definition) is 4. The van der Waals surface area contributed by atoms with E-state index in [9.17, 15) is 48.3 Å². The Morgan fingerprint density at radius 3 is 1.68 bits per heavy atom. The van der Waals surface area contributed by atoms with E-state index >= 15 is 9.59 Å². The summed E-state index contributed by atoms with van der Waals surface area (Å²) in [5.74, 6) is -9.73. The number of benzene rings is 2. The number of nitrogens with zero attached hydrogens (tertiary/aromatic N) is 6. The fourth-order valence-electron chi connectivity index (χ4n) is 11.6. The number of hydrogen-bond acceptors (Lipinski definition) is 15. The minimum atomic E-state index is -1.61. The maximum atomic E-state index is 15.3. The van der Waals surface area contributed by atoms with Crippen LogP contribution in [-0.2, 0) is 75.2 Å². The zero-order valence-electron chi connectivity index (χ0n) is 58.2. The number of methoxy groups -OCH3 is 1. The SMILES string of the molecule is CC[C@H](C)[C@@H](C(=O)NCC(=O)N(C)[C@H](C(=O)N[C@@H](Cc1ccc(OC)cc1)C(=O)OCc1ccccc1)C(C)C)N(C)C(=O)[C@H]([C@@H](C)CC)N(C)C(=O)[C@H](CC(=O)OC(C)(C)C)N(C)C(=O)[C@@H](NC(=O)[C@H](C(C)C)N(C)C(=O)[C@@H]1CCCCN1C(=O)[C@@H](C)O)C(C)C. The molecule has 1 saturated heterocycles. The van der Waals surface area contributed by atoms with Gasteiger partial charge in [-0.2, -0.15) is 0 Å². The summed E-state index contributed by atoms with van der Waals surface area (Å²) in [5.41, 5.74) is 0.426. The molecule has 0 unspecified atom stereocenters. The normalized spacial score (nSPS) is 16.6. The molecule has 0 aliphatic carbocycles. The molecule has 2 aromatic carbocycles. The number of likely N-dealkylation sites (tertiary alicyclic amines) is 1. The second kappa shape index (κ2) is 36.0. The van der Waals surface area contributed by atoms with E-state index in [2.05, 4.69) is 16.0 Å². The van der Waals surface area contributed by atoms with Gasteiger partial charge in [0.05, 0.1) is 20.1 Å². The molecule has 11 atom stereocenters. The monoisotopic (exact) mass is 1290 g/mol. The summed E-state index contributed by atoms with van der Waals surface area (Å²) in [6.45, 7) is 23.3. The van der Waals surface area contributed by atoms with Crippen molar-refractivity contribution < 1.29 is 72.1 Å². The van der Waals surface area contributed by atoms with E-state index in [1.807, 2.05) is 32.0 Å². The molecule has 4 N–H and O–H groups in total. The van der Waals surface area contributed by atoms with Gasteiger partial charge >= 0.3 is 11.9 Å². The van der Waals surface area contributed by atoms with Gasteiger partial charge in [-0.1, -0.05) is 125 Å². The average Bonchev–Trinajstić information content (AvgIpc) is 0.817. The number of aliphatic hydroxyl groups excluding tert-OH is 1. The highest BCUT2D eigenvalue weighted by Gasteiger charge is 2.46. The van der Waals surface area contributed by atoms with Gasteiger partial charge in [0.15, 0.2) is 0 Å². The van der Waals surface area contributed by atoms with Gasteiger partial charge in [-0.05, 0) is 99.8 Å². The standard InChI is InChI=1S/C68H107N9O15/c1-21-43(9)57(59(81)69-38-52(79)73(16)55(41(5)6)60(82)70-49(36-46-31-33-48(90-20)34-32-46)67(89)91-39-47-28-24-23-25-29-47)75(18)66(88)58(44(10)22-2)76(19)64(86)51(37-53(80)92-68(12,13)14)72(15)65(87)54(40(3)4)71-61(83)56(42(7)8)74(17)63(85)50-30-26-27-35-77(50)62(84)45(11)78/h23-25,28-29,31-34,40-45,49-51,54-58,78H,21-22,26-27,30,35-39H2,1-20H3,(H,69,81)(H,70,82)(H,71,83)/t43-,44-,45+,49-,50-,51-,54-,55-,56-,57-,58-/m0/s1. The Hall–Kier alpha value is -7.63. The van der Waals surface area contributed by atoms with Crippen molar-refractivity contribution in [2.75, 3.05) is 55.4 Å². The van der Waals surface area contributed by atoms with Gasteiger partial charge in [0.25, 0.3) is 5.91 Å². The van der Waals surface area contributed by atoms with Gasteiger partial charge in [0.1, 0.15) is 72.4 Å². The highest BCUT2D eigenvalue weighted by molar-refractivity contribution is 5.99. The van der Waals surface area contributed by atoms with Crippen LogP contribution in [0, 0.1) is 29.6 Å². The van der Waals surface area contributed by atoms with E-state index in [0.29, 0.717) is 43.4 Å². The molecule has 0 aromatic heterocycles. The lowest BCUT2D eigenvalue weighted by atomic mass is 9.92. The number of piperidine rings is 1. The van der Waals surface area contributed by atoms with E-state index in [1.54, 1.807) is 113 Å². The highest BCUT2D eigenvalue weighted by atomic mass is 16.6. The predicted molar refractivity (Wildman–Crippen MR) is 348 cm³/mol. The van der Waals surface area contributed by atoms with E-state index in [4.69, 9.17) is 14.2 Å².